The van der Waals surface area contributed by atoms with E-state index in [1.807, 2.05) is 17.4 Å². The van der Waals surface area contributed by atoms with E-state index < -0.39 is 0 Å². The van der Waals surface area contributed by atoms with Crippen LogP contribution in [0.3, 0.4) is 0 Å². The van der Waals surface area contributed by atoms with Crippen LogP contribution < -0.4 is 0 Å². The molecule has 0 bridgehead atoms. The summed E-state index contributed by atoms with van der Waals surface area (Å²) in [5, 5.41) is 9.95. The fourth-order valence-corrected chi connectivity index (χ4v) is 3.83. The third kappa shape index (κ3) is 2.78. The van der Waals surface area contributed by atoms with E-state index in [0.717, 1.165) is 25.2 Å². The Morgan fingerprint density at radius 2 is 2.32 bits per heavy atom. The first-order valence-electron chi connectivity index (χ1n) is 6.81. The number of hydrogen-bond acceptors (Lipinski definition) is 4. The highest BCUT2D eigenvalue weighted by molar-refractivity contribution is 7.18. The minimum Gasteiger partial charge on any atom is -0.302 e. The molecule has 3 nitrogen and oxygen atoms in total. The standard InChI is InChI=1S/C15H17N3S/c16-8-4-10-18-9-3-5-12(11-18)15-17-13-6-1-2-7-14(13)19-15/h1-2,6-7,12H,3-5,9-11H2/t12-/m0/s1. The smallest absolute Gasteiger partial charge is 0.0982 e. The highest BCUT2D eigenvalue weighted by atomic mass is 32.1. The van der Waals surface area contributed by atoms with Gasteiger partial charge in [0.25, 0.3) is 0 Å². The highest BCUT2D eigenvalue weighted by Crippen LogP contribution is 2.32. The van der Waals surface area contributed by atoms with Crippen molar-refractivity contribution in [3.05, 3.63) is 29.3 Å². The Balaban J connectivity index is 1.75. The summed E-state index contributed by atoms with van der Waals surface area (Å²) in [6.45, 7) is 3.09. The fourth-order valence-electron chi connectivity index (χ4n) is 2.73. The summed E-state index contributed by atoms with van der Waals surface area (Å²) in [5.74, 6) is 0.546. The lowest BCUT2D eigenvalue weighted by atomic mass is 9.98. The number of nitrogens with zero attached hydrogens (tertiary/aromatic N) is 3. The largest absolute Gasteiger partial charge is 0.302 e. The van der Waals surface area contributed by atoms with Gasteiger partial charge in [-0.3, -0.25) is 0 Å². The first-order chi connectivity index (χ1) is 9.36. The van der Waals surface area contributed by atoms with Gasteiger partial charge in [0, 0.05) is 25.4 Å². The van der Waals surface area contributed by atoms with Gasteiger partial charge in [0.2, 0.25) is 0 Å². The number of nitriles is 1. The Morgan fingerprint density at radius 1 is 1.42 bits per heavy atom. The average molecular weight is 271 g/mol. The Kier molecular flexibility index (Phi) is 3.77. The number of fused-ring (bicyclic) bond motifs is 1. The number of piperidine rings is 1. The van der Waals surface area contributed by atoms with Gasteiger partial charge in [-0.15, -0.1) is 11.3 Å². The van der Waals surface area contributed by atoms with Crippen LogP contribution in [0.25, 0.3) is 10.2 Å². The van der Waals surface area contributed by atoms with Crippen molar-refractivity contribution in [2.24, 2.45) is 0 Å². The molecule has 1 aliphatic heterocycles. The molecule has 1 aromatic heterocycles. The van der Waals surface area contributed by atoms with Crippen LogP contribution in [0, 0.1) is 11.3 Å². The van der Waals surface area contributed by atoms with Crippen LogP contribution in [0.1, 0.15) is 30.2 Å². The van der Waals surface area contributed by atoms with Crippen molar-refractivity contribution in [1.82, 2.24) is 9.88 Å². The fraction of sp³-hybridized carbons (Fsp3) is 0.467. The van der Waals surface area contributed by atoms with Crippen LogP contribution >= 0.6 is 11.3 Å². The van der Waals surface area contributed by atoms with Gasteiger partial charge in [-0.05, 0) is 31.5 Å². The molecule has 1 aromatic carbocycles. The van der Waals surface area contributed by atoms with Crippen LogP contribution in [-0.4, -0.2) is 29.5 Å². The van der Waals surface area contributed by atoms with Gasteiger partial charge in [0.15, 0.2) is 0 Å². The van der Waals surface area contributed by atoms with Crippen molar-refractivity contribution in [3.8, 4) is 6.07 Å². The number of hydrogen-bond donors (Lipinski definition) is 0. The Hall–Kier alpha value is -1.44. The molecule has 0 unspecified atom stereocenters. The SMILES string of the molecule is N#CCCN1CCC[C@H](c2nc3ccccc3s2)C1. The monoisotopic (exact) mass is 271 g/mol. The predicted octanol–water partition coefficient (Wildman–Crippen LogP) is 3.39. The highest BCUT2D eigenvalue weighted by Gasteiger charge is 2.23. The summed E-state index contributed by atoms with van der Waals surface area (Å²) in [6.07, 6.45) is 3.07. The zero-order chi connectivity index (χ0) is 13.1. The molecule has 0 saturated carbocycles. The summed E-state index contributed by atoms with van der Waals surface area (Å²) in [7, 11) is 0. The first-order valence-corrected chi connectivity index (χ1v) is 7.63. The topological polar surface area (TPSA) is 39.9 Å². The molecule has 0 amide bonds. The molecule has 3 rings (SSSR count). The third-order valence-corrected chi connectivity index (χ3v) is 4.90. The molecule has 4 heteroatoms. The second kappa shape index (κ2) is 5.68. The maximum absolute atomic E-state index is 8.69. The molecule has 1 fully saturated rings. The number of para-hydroxylation sites is 1. The van der Waals surface area contributed by atoms with Crippen LogP contribution in [0.2, 0.25) is 0 Å². The van der Waals surface area contributed by atoms with Gasteiger partial charge in [0.1, 0.15) is 0 Å². The van der Waals surface area contributed by atoms with Gasteiger partial charge in [-0.2, -0.15) is 5.26 Å². The molecule has 0 aliphatic carbocycles. The Labute approximate surface area is 117 Å². The molecule has 1 saturated heterocycles. The lowest BCUT2D eigenvalue weighted by Gasteiger charge is -2.31. The third-order valence-electron chi connectivity index (χ3n) is 3.71. The number of rotatable bonds is 3. The average Bonchev–Trinajstić information content (AvgIpc) is 2.89. The van der Waals surface area contributed by atoms with Gasteiger partial charge >= 0.3 is 0 Å². The maximum Gasteiger partial charge on any atom is 0.0982 e. The van der Waals surface area contributed by atoms with Gasteiger partial charge in [-0.1, -0.05) is 12.1 Å². The molecule has 0 radical (unpaired) electrons. The van der Waals surface area contributed by atoms with Crippen LogP contribution in [-0.2, 0) is 0 Å². The zero-order valence-electron chi connectivity index (χ0n) is 10.9. The van der Waals surface area contributed by atoms with Crippen molar-refractivity contribution in [2.75, 3.05) is 19.6 Å². The van der Waals surface area contributed by atoms with Crippen molar-refractivity contribution in [2.45, 2.75) is 25.2 Å². The van der Waals surface area contributed by atoms with E-state index in [1.54, 1.807) is 0 Å². The van der Waals surface area contributed by atoms with Gasteiger partial charge in [-0.25, -0.2) is 4.98 Å². The second-order valence-corrected chi connectivity index (χ2v) is 6.13. The van der Waals surface area contributed by atoms with Crippen LogP contribution in [0.5, 0.6) is 0 Å². The molecule has 1 aliphatic rings. The minimum atomic E-state index is 0.546. The van der Waals surface area contributed by atoms with E-state index in [9.17, 15) is 0 Å². The van der Waals surface area contributed by atoms with E-state index in [0.29, 0.717) is 12.3 Å². The molecule has 98 valence electrons. The molecule has 19 heavy (non-hydrogen) atoms. The normalized spacial score (nSPS) is 20.5. The lowest BCUT2D eigenvalue weighted by molar-refractivity contribution is 0.212. The summed E-state index contributed by atoms with van der Waals surface area (Å²) in [6, 6.07) is 10.6. The van der Waals surface area contributed by atoms with E-state index in [4.69, 9.17) is 10.2 Å². The summed E-state index contributed by atoms with van der Waals surface area (Å²) >= 11 is 1.83. The van der Waals surface area contributed by atoms with Gasteiger partial charge in [0.05, 0.1) is 21.3 Å². The summed E-state index contributed by atoms with van der Waals surface area (Å²) in [5.41, 5.74) is 1.12. The van der Waals surface area contributed by atoms with Gasteiger partial charge < -0.3 is 4.90 Å². The van der Waals surface area contributed by atoms with Crippen molar-refractivity contribution in [1.29, 1.82) is 5.26 Å². The summed E-state index contributed by atoms with van der Waals surface area (Å²) in [4.78, 5) is 7.18. The number of aromatic nitrogens is 1. The van der Waals surface area contributed by atoms with E-state index in [1.165, 1.54) is 22.5 Å². The Morgan fingerprint density at radius 3 is 3.16 bits per heavy atom. The molecular weight excluding hydrogens is 254 g/mol. The quantitative estimate of drug-likeness (QED) is 0.859. The summed E-state index contributed by atoms with van der Waals surface area (Å²) < 4.78 is 1.28. The predicted molar refractivity (Wildman–Crippen MR) is 78.3 cm³/mol. The van der Waals surface area contributed by atoms with Crippen molar-refractivity contribution in [3.63, 3.8) is 0 Å². The maximum atomic E-state index is 8.69. The van der Waals surface area contributed by atoms with E-state index in [-0.39, 0.29) is 0 Å². The Bertz CT molecular complexity index is 566. The number of thiazole rings is 1. The van der Waals surface area contributed by atoms with Crippen LogP contribution in [0.15, 0.2) is 24.3 Å². The molecule has 0 spiro atoms. The molecule has 2 aromatic rings. The molecule has 2 heterocycles. The van der Waals surface area contributed by atoms with Crippen molar-refractivity contribution >= 4 is 21.6 Å². The zero-order valence-corrected chi connectivity index (χ0v) is 11.7. The molecule has 0 N–H and O–H groups in total. The number of likely N-dealkylation sites (tertiary alicyclic amines) is 1. The minimum absolute atomic E-state index is 0.546. The van der Waals surface area contributed by atoms with Crippen LogP contribution in [0.4, 0.5) is 0 Å². The first kappa shape index (κ1) is 12.6. The molecule has 1 atom stereocenters. The lowest BCUT2D eigenvalue weighted by Crippen LogP contribution is -2.34. The van der Waals surface area contributed by atoms with E-state index in [2.05, 4.69) is 29.2 Å². The number of benzene rings is 1. The second-order valence-electron chi connectivity index (χ2n) is 5.07. The molecular formula is C15H17N3S. The van der Waals surface area contributed by atoms with E-state index >= 15 is 0 Å². The van der Waals surface area contributed by atoms with Crippen molar-refractivity contribution < 1.29 is 0 Å².